The van der Waals surface area contributed by atoms with Crippen LogP contribution in [0.2, 0.25) is 0 Å². The molecule has 0 fully saturated rings. The van der Waals surface area contributed by atoms with E-state index < -0.39 is 5.60 Å². The molecular formula is C19H22BrFO3. The van der Waals surface area contributed by atoms with Gasteiger partial charge in [0.05, 0.1) is 10.1 Å². The lowest BCUT2D eigenvalue weighted by molar-refractivity contribution is 0.0402. The molecule has 3 nitrogen and oxygen atoms in total. The summed E-state index contributed by atoms with van der Waals surface area (Å²) in [4.78, 5) is 0. The molecule has 0 saturated heterocycles. The number of halogens is 2. The Morgan fingerprint density at radius 3 is 2.33 bits per heavy atom. The van der Waals surface area contributed by atoms with Gasteiger partial charge in [-0.2, -0.15) is 0 Å². The van der Waals surface area contributed by atoms with Crippen LogP contribution in [0.1, 0.15) is 36.5 Å². The summed E-state index contributed by atoms with van der Waals surface area (Å²) >= 11 is 3.47. The van der Waals surface area contributed by atoms with Gasteiger partial charge in [-0.25, -0.2) is 4.39 Å². The van der Waals surface area contributed by atoms with Crippen molar-refractivity contribution in [3.63, 3.8) is 0 Å². The number of aryl methyl sites for hydroxylation is 2. The van der Waals surface area contributed by atoms with E-state index in [1.54, 1.807) is 39.0 Å². The van der Waals surface area contributed by atoms with Gasteiger partial charge in [0, 0.05) is 6.61 Å². The number of rotatable bonds is 6. The zero-order valence-electron chi connectivity index (χ0n) is 14.1. The third-order valence-electron chi connectivity index (χ3n) is 4.01. The van der Waals surface area contributed by atoms with Crippen LogP contribution in [0.15, 0.2) is 34.8 Å². The first-order valence-electron chi connectivity index (χ1n) is 7.82. The van der Waals surface area contributed by atoms with Gasteiger partial charge in [-0.05, 0) is 90.5 Å². The SMILES string of the molecule is Cc1cc(F)cc(C)c1Oc1ccc(C(C)(O)CCCO)cc1Br. The summed E-state index contributed by atoms with van der Waals surface area (Å²) in [7, 11) is 0. The average molecular weight is 397 g/mol. The van der Waals surface area contributed by atoms with E-state index in [0.29, 0.717) is 28.8 Å². The van der Waals surface area contributed by atoms with Crippen LogP contribution in [0.25, 0.3) is 0 Å². The Morgan fingerprint density at radius 2 is 1.79 bits per heavy atom. The molecule has 2 aromatic carbocycles. The smallest absolute Gasteiger partial charge is 0.141 e. The lowest BCUT2D eigenvalue weighted by Crippen LogP contribution is -2.21. The molecule has 0 aliphatic carbocycles. The number of hydrogen-bond acceptors (Lipinski definition) is 3. The van der Waals surface area contributed by atoms with E-state index in [1.807, 2.05) is 0 Å². The third-order valence-corrected chi connectivity index (χ3v) is 4.63. The zero-order chi connectivity index (χ0) is 17.9. The zero-order valence-corrected chi connectivity index (χ0v) is 15.7. The van der Waals surface area contributed by atoms with E-state index in [1.165, 1.54) is 12.1 Å². The maximum atomic E-state index is 13.4. The van der Waals surface area contributed by atoms with Gasteiger partial charge in [0.25, 0.3) is 0 Å². The third kappa shape index (κ3) is 4.35. The van der Waals surface area contributed by atoms with E-state index in [-0.39, 0.29) is 12.4 Å². The monoisotopic (exact) mass is 396 g/mol. The molecule has 24 heavy (non-hydrogen) atoms. The van der Waals surface area contributed by atoms with E-state index in [4.69, 9.17) is 9.84 Å². The second-order valence-electron chi connectivity index (χ2n) is 6.22. The lowest BCUT2D eigenvalue weighted by Gasteiger charge is -2.24. The lowest BCUT2D eigenvalue weighted by atomic mass is 9.91. The Hall–Kier alpha value is -1.43. The van der Waals surface area contributed by atoms with E-state index >= 15 is 0 Å². The van der Waals surface area contributed by atoms with E-state index in [9.17, 15) is 9.50 Å². The van der Waals surface area contributed by atoms with Crippen molar-refractivity contribution in [1.82, 2.24) is 0 Å². The molecule has 0 bridgehead atoms. The van der Waals surface area contributed by atoms with Crippen molar-refractivity contribution in [2.75, 3.05) is 6.61 Å². The van der Waals surface area contributed by atoms with Crippen LogP contribution in [0.3, 0.4) is 0 Å². The van der Waals surface area contributed by atoms with Gasteiger partial charge < -0.3 is 14.9 Å². The normalized spacial score (nSPS) is 13.6. The van der Waals surface area contributed by atoms with Gasteiger partial charge in [-0.3, -0.25) is 0 Å². The molecular weight excluding hydrogens is 375 g/mol. The van der Waals surface area contributed by atoms with Crippen LogP contribution in [-0.2, 0) is 5.60 Å². The number of benzene rings is 2. The average Bonchev–Trinajstić information content (AvgIpc) is 2.50. The van der Waals surface area contributed by atoms with E-state index in [0.717, 1.165) is 16.7 Å². The predicted molar refractivity (Wildman–Crippen MR) is 96.0 cm³/mol. The molecule has 0 radical (unpaired) electrons. The van der Waals surface area contributed by atoms with Gasteiger partial charge in [-0.1, -0.05) is 6.07 Å². The molecule has 0 amide bonds. The Bertz CT molecular complexity index is 706. The van der Waals surface area contributed by atoms with Crippen molar-refractivity contribution in [3.8, 4) is 11.5 Å². The molecule has 1 unspecified atom stereocenters. The molecule has 0 aromatic heterocycles. The molecule has 0 heterocycles. The van der Waals surface area contributed by atoms with Crippen molar-refractivity contribution < 1.29 is 19.3 Å². The van der Waals surface area contributed by atoms with Crippen LogP contribution >= 0.6 is 15.9 Å². The van der Waals surface area contributed by atoms with Crippen LogP contribution in [0, 0.1) is 19.7 Å². The summed E-state index contributed by atoms with van der Waals surface area (Å²) in [6.07, 6.45) is 0.989. The summed E-state index contributed by atoms with van der Waals surface area (Å²) in [6.45, 7) is 5.36. The predicted octanol–water partition coefficient (Wildman–Crippen LogP) is 4.98. The molecule has 5 heteroatoms. The van der Waals surface area contributed by atoms with Gasteiger partial charge in [0.1, 0.15) is 17.3 Å². The highest BCUT2D eigenvalue weighted by atomic mass is 79.9. The Labute approximate surface area is 150 Å². The fraction of sp³-hybridized carbons (Fsp3) is 0.368. The number of aliphatic hydroxyl groups is 2. The topological polar surface area (TPSA) is 49.7 Å². The quantitative estimate of drug-likeness (QED) is 0.723. The van der Waals surface area contributed by atoms with Crippen LogP contribution in [0.4, 0.5) is 4.39 Å². The highest BCUT2D eigenvalue weighted by Gasteiger charge is 2.23. The minimum absolute atomic E-state index is 0.0433. The molecule has 1 atom stereocenters. The largest absolute Gasteiger partial charge is 0.456 e. The number of ether oxygens (including phenoxy) is 1. The molecule has 2 aromatic rings. The van der Waals surface area contributed by atoms with E-state index in [2.05, 4.69) is 15.9 Å². The van der Waals surface area contributed by atoms with Gasteiger partial charge in [0.15, 0.2) is 0 Å². The van der Waals surface area contributed by atoms with Crippen molar-refractivity contribution >= 4 is 15.9 Å². The molecule has 2 rings (SSSR count). The Morgan fingerprint density at radius 1 is 1.17 bits per heavy atom. The van der Waals surface area contributed by atoms with Crippen LogP contribution < -0.4 is 4.74 Å². The second-order valence-corrected chi connectivity index (χ2v) is 7.07. The Balaban J connectivity index is 2.28. The van der Waals surface area contributed by atoms with Gasteiger partial charge >= 0.3 is 0 Å². The molecule has 0 aliphatic heterocycles. The first-order valence-corrected chi connectivity index (χ1v) is 8.62. The number of aliphatic hydroxyl groups excluding tert-OH is 1. The van der Waals surface area contributed by atoms with Gasteiger partial charge in [-0.15, -0.1) is 0 Å². The molecule has 2 N–H and O–H groups in total. The van der Waals surface area contributed by atoms with Crippen molar-refractivity contribution in [1.29, 1.82) is 0 Å². The van der Waals surface area contributed by atoms with Gasteiger partial charge in [0.2, 0.25) is 0 Å². The second kappa shape index (κ2) is 7.64. The summed E-state index contributed by atoms with van der Waals surface area (Å²) in [6, 6.07) is 8.25. The molecule has 0 aliphatic rings. The highest BCUT2D eigenvalue weighted by molar-refractivity contribution is 9.10. The fourth-order valence-electron chi connectivity index (χ4n) is 2.65. The summed E-state index contributed by atoms with van der Waals surface area (Å²) in [5.74, 6) is 0.929. The molecule has 130 valence electrons. The van der Waals surface area contributed by atoms with Crippen molar-refractivity contribution in [2.45, 2.75) is 39.2 Å². The summed E-state index contributed by atoms with van der Waals surface area (Å²) in [5.41, 5.74) is 1.16. The summed E-state index contributed by atoms with van der Waals surface area (Å²) < 4.78 is 20.0. The minimum atomic E-state index is -1.02. The first-order chi connectivity index (χ1) is 11.2. The Kier molecular flexibility index (Phi) is 6.01. The van der Waals surface area contributed by atoms with Crippen LogP contribution in [0.5, 0.6) is 11.5 Å². The molecule has 0 saturated carbocycles. The standard InChI is InChI=1S/C19H22BrFO3/c1-12-9-15(21)10-13(2)18(12)24-17-6-5-14(11-16(17)20)19(3,23)7-4-8-22/h5-6,9-11,22-23H,4,7-8H2,1-3H3. The van der Waals surface area contributed by atoms with Crippen LogP contribution in [-0.4, -0.2) is 16.8 Å². The molecule has 0 spiro atoms. The fourth-order valence-corrected chi connectivity index (χ4v) is 3.11. The van der Waals surface area contributed by atoms with Crippen molar-refractivity contribution in [2.24, 2.45) is 0 Å². The van der Waals surface area contributed by atoms with Crippen molar-refractivity contribution in [3.05, 3.63) is 57.3 Å². The maximum absolute atomic E-state index is 13.4. The number of hydrogen-bond donors (Lipinski definition) is 2. The highest BCUT2D eigenvalue weighted by Crippen LogP contribution is 2.37. The maximum Gasteiger partial charge on any atom is 0.141 e. The first kappa shape index (κ1) is 18.9. The summed E-state index contributed by atoms with van der Waals surface area (Å²) in [5, 5.41) is 19.5. The minimum Gasteiger partial charge on any atom is -0.456 e.